The van der Waals surface area contributed by atoms with Crippen LogP contribution in [0.5, 0.6) is 0 Å². The molecule has 10 heteroatoms. The highest BCUT2D eigenvalue weighted by Gasteiger charge is 2.38. The van der Waals surface area contributed by atoms with Crippen LogP contribution in [0.1, 0.15) is 41.9 Å². The molecule has 3 aromatic rings. The normalized spacial score (nSPS) is 17.5. The van der Waals surface area contributed by atoms with E-state index in [1.54, 1.807) is 19.1 Å². The van der Waals surface area contributed by atoms with Gasteiger partial charge in [-0.25, -0.2) is 0 Å². The van der Waals surface area contributed by atoms with E-state index in [2.05, 4.69) is 27.6 Å². The molecule has 2 aromatic heterocycles. The second kappa shape index (κ2) is 8.40. The Bertz CT molecular complexity index is 1200. The molecule has 0 radical (unpaired) electrons. The van der Waals surface area contributed by atoms with Crippen molar-refractivity contribution in [3.8, 4) is 0 Å². The Kier molecular flexibility index (Phi) is 5.93. The van der Waals surface area contributed by atoms with Gasteiger partial charge in [0.05, 0.1) is 4.90 Å². The molecule has 1 aliphatic heterocycles. The lowest BCUT2D eigenvalue weighted by atomic mass is 10.1. The first-order valence-electron chi connectivity index (χ1n) is 10.4. The summed E-state index contributed by atoms with van der Waals surface area (Å²) in [5.74, 6) is 0. The first kappa shape index (κ1) is 22.6. The van der Waals surface area contributed by atoms with Crippen molar-refractivity contribution in [3.63, 3.8) is 0 Å². The van der Waals surface area contributed by atoms with Gasteiger partial charge in [-0.3, -0.25) is 4.90 Å². The fourth-order valence-electron chi connectivity index (χ4n) is 4.15. The van der Waals surface area contributed by atoms with Crippen LogP contribution in [0.4, 0.5) is 13.2 Å². The van der Waals surface area contributed by atoms with Gasteiger partial charge in [0, 0.05) is 42.8 Å². The molecule has 0 bridgehead atoms. The van der Waals surface area contributed by atoms with Crippen molar-refractivity contribution < 1.29 is 21.6 Å². The van der Waals surface area contributed by atoms with Crippen molar-refractivity contribution in [3.05, 3.63) is 71.3 Å². The first-order chi connectivity index (χ1) is 15.1. The van der Waals surface area contributed by atoms with Crippen LogP contribution in [0, 0.1) is 6.92 Å². The van der Waals surface area contributed by atoms with Crippen LogP contribution in [0.2, 0.25) is 0 Å². The zero-order chi connectivity index (χ0) is 23.1. The molecule has 0 N–H and O–H groups in total. The van der Waals surface area contributed by atoms with Crippen molar-refractivity contribution in [1.29, 1.82) is 0 Å². The summed E-state index contributed by atoms with van der Waals surface area (Å²) in [4.78, 5) is 2.13. The van der Waals surface area contributed by atoms with E-state index in [1.165, 1.54) is 17.8 Å². The maximum absolute atomic E-state index is 13.6. The van der Waals surface area contributed by atoms with E-state index >= 15 is 0 Å². The molecule has 0 saturated carbocycles. The number of hydrogen-bond acceptors (Lipinski definition) is 4. The van der Waals surface area contributed by atoms with Crippen molar-refractivity contribution in [2.24, 2.45) is 0 Å². The molecule has 1 unspecified atom stereocenters. The summed E-state index contributed by atoms with van der Waals surface area (Å²) < 4.78 is 69.1. The lowest BCUT2D eigenvalue weighted by Gasteiger charge is -2.34. The van der Waals surface area contributed by atoms with Crippen molar-refractivity contribution in [1.82, 2.24) is 18.7 Å². The molecule has 0 aliphatic carbocycles. The number of aryl methyl sites for hydroxylation is 2. The third-order valence-electron chi connectivity index (χ3n) is 5.96. The van der Waals surface area contributed by atoms with Gasteiger partial charge in [0.15, 0.2) is 5.69 Å². The number of fused-ring (bicyclic) bond motifs is 1. The van der Waals surface area contributed by atoms with Crippen molar-refractivity contribution in [2.45, 2.75) is 50.3 Å². The first-order valence-corrected chi connectivity index (χ1v) is 11.9. The van der Waals surface area contributed by atoms with Crippen LogP contribution in [-0.2, 0) is 29.2 Å². The molecular weight excluding hydrogens is 441 g/mol. The lowest BCUT2D eigenvalue weighted by Crippen LogP contribution is -2.37. The van der Waals surface area contributed by atoms with E-state index in [-0.39, 0.29) is 22.9 Å². The van der Waals surface area contributed by atoms with Crippen LogP contribution in [0.3, 0.4) is 0 Å². The molecule has 32 heavy (non-hydrogen) atoms. The monoisotopic (exact) mass is 466 g/mol. The average Bonchev–Trinajstić information content (AvgIpc) is 3.38. The summed E-state index contributed by atoms with van der Waals surface area (Å²) in [6, 6.07) is 10.1. The highest BCUT2D eigenvalue weighted by atomic mass is 32.2. The number of benzene rings is 1. The Balaban J connectivity index is 1.52. The van der Waals surface area contributed by atoms with Crippen LogP contribution in [-0.4, -0.2) is 40.2 Å². The summed E-state index contributed by atoms with van der Waals surface area (Å²) in [5, 5.41) is 3.44. The maximum Gasteiger partial charge on any atom is 0.435 e. The van der Waals surface area contributed by atoms with E-state index in [0.29, 0.717) is 17.1 Å². The second-order valence-corrected chi connectivity index (χ2v) is 9.93. The molecule has 3 heterocycles. The second-order valence-electron chi connectivity index (χ2n) is 8.13. The SMILES string of the molecule is Cc1ccc(S(=O)(=O)n2cc(CCCN3CCn4cccc4C3C)c(C(F)(F)F)n2)cc1. The average molecular weight is 467 g/mol. The van der Waals surface area contributed by atoms with E-state index < -0.39 is 21.9 Å². The number of rotatable bonds is 6. The Hall–Kier alpha value is -2.59. The third-order valence-corrected chi connectivity index (χ3v) is 7.51. The predicted octanol–water partition coefficient (Wildman–Crippen LogP) is 4.26. The predicted molar refractivity (Wildman–Crippen MR) is 114 cm³/mol. The number of halogens is 3. The van der Waals surface area contributed by atoms with E-state index in [4.69, 9.17) is 0 Å². The molecule has 0 amide bonds. The fourth-order valence-corrected chi connectivity index (χ4v) is 5.31. The molecule has 1 aromatic carbocycles. The highest BCUT2D eigenvalue weighted by Crippen LogP contribution is 2.33. The molecular formula is C22H25F3N4O2S. The number of nitrogens with zero attached hydrogens (tertiary/aromatic N) is 4. The van der Waals surface area contributed by atoms with Gasteiger partial charge in [0.2, 0.25) is 0 Å². The van der Waals surface area contributed by atoms with Gasteiger partial charge in [0.25, 0.3) is 10.0 Å². The quantitative estimate of drug-likeness (QED) is 0.545. The molecule has 172 valence electrons. The zero-order valence-electron chi connectivity index (χ0n) is 17.9. The number of hydrogen-bond donors (Lipinski definition) is 0. The largest absolute Gasteiger partial charge is 0.435 e. The minimum absolute atomic E-state index is 0.0858. The molecule has 4 rings (SSSR count). The van der Waals surface area contributed by atoms with Gasteiger partial charge >= 0.3 is 6.18 Å². The van der Waals surface area contributed by atoms with E-state index in [0.717, 1.165) is 24.8 Å². The molecule has 0 spiro atoms. The van der Waals surface area contributed by atoms with Gasteiger partial charge in [-0.1, -0.05) is 17.7 Å². The summed E-state index contributed by atoms with van der Waals surface area (Å²) in [5.41, 5.74) is 0.777. The Morgan fingerprint density at radius 2 is 1.84 bits per heavy atom. The van der Waals surface area contributed by atoms with Gasteiger partial charge in [-0.15, -0.1) is 0 Å². The topological polar surface area (TPSA) is 60.1 Å². The Morgan fingerprint density at radius 3 is 2.53 bits per heavy atom. The van der Waals surface area contributed by atoms with Gasteiger partial charge < -0.3 is 4.57 Å². The third kappa shape index (κ3) is 4.33. The van der Waals surface area contributed by atoms with Crippen LogP contribution in [0.25, 0.3) is 0 Å². The Labute approximate surface area is 185 Å². The van der Waals surface area contributed by atoms with Crippen molar-refractivity contribution >= 4 is 10.0 Å². The molecule has 1 atom stereocenters. The summed E-state index contributed by atoms with van der Waals surface area (Å²) in [6.07, 6.45) is -1.15. The molecule has 1 aliphatic rings. The minimum atomic E-state index is -4.73. The summed E-state index contributed by atoms with van der Waals surface area (Å²) >= 11 is 0. The lowest BCUT2D eigenvalue weighted by molar-refractivity contribution is -0.141. The summed E-state index contributed by atoms with van der Waals surface area (Å²) in [6.45, 7) is 6.14. The van der Waals surface area contributed by atoms with E-state index in [9.17, 15) is 21.6 Å². The van der Waals surface area contributed by atoms with Crippen LogP contribution >= 0.6 is 0 Å². The van der Waals surface area contributed by atoms with E-state index in [1.807, 2.05) is 12.3 Å². The van der Waals surface area contributed by atoms with Gasteiger partial charge in [0.1, 0.15) is 0 Å². The van der Waals surface area contributed by atoms with Crippen LogP contribution in [0.15, 0.2) is 53.7 Å². The number of aromatic nitrogens is 3. The van der Waals surface area contributed by atoms with Gasteiger partial charge in [-0.2, -0.15) is 30.8 Å². The smallest absolute Gasteiger partial charge is 0.349 e. The Morgan fingerprint density at radius 1 is 1.12 bits per heavy atom. The molecule has 6 nitrogen and oxygen atoms in total. The zero-order valence-corrected chi connectivity index (χ0v) is 18.7. The fraction of sp³-hybridized carbons (Fsp3) is 0.409. The van der Waals surface area contributed by atoms with Crippen molar-refractivity contribution in [2.75, 3.05) is 13.1 Å². The minimum Gasteiger partial charge on any atom is -0.349 e. The number of alkyl halides is 3. The van der Waals surface area contributed by atoms with Gasteiger partial charge in [-0.05, 0) is 57.5 Å². The standard InChI is InChI=1S/C22H25F3N4O2S/c1-16-7-9-19(10-8-16)32(30,31)29-15-18(21(26-29)22(23,24)25)5-3-11-27-13-14-28-12-4-6-20(28)17(27)2/h4,6-10,12,15,17H,3,5,11,13-14H2,1-2H3. The molecule has 0 fully saturated rings. The molecule has 0 saturated heterocycles. The highest BCUT2D eigenvalue weighted by molar-refractivity contribution is 7.89. The maximum atomic E-state index is 13.6. The summed E-state index contributed by atoms with van der Waals surface area (Å²) in [7, 11) is -4.21. The van der Waals surface area contributed by atoms with Crippen LogP contribution < -0.4 is 0 Å².